The van der Waals surface area contributed by atoms with E-state index in [9.17, 15) is 0 Å². The van der Waals surface area contributed by atoms with E-state index in [0.717, 1.165) is 66.5 Å². The molecule has 0 N–H and O–H groups in total. The zero-order chi connectivity index (χ0) is 24.8. The zero-order valence-corrected chi connectivity index (χ0v) is 20.0. The minimum absolute atomic E-state index is 0.610. The molecule has 178 valence electrons. The molecule has 4 heterocycles. The summed E-state index contributed by atoms with van der Waals surface area (Å²) in [6.45, 7) is 0. The summed E-state index contributed by atoms with van der Waals surface area (Å²) in [7, 11) is 0. The molecule has 0 bridgehead atoms. The Morgan fingerprint density at radius 3 is 1.42 bits per heavy atom. The van der Waals surface area contributed by atoms with Gasteiger partial charge >= 0.3 is 11.7 Å². The van der Waals surface area contributed by atoms with Crippen LogP contribution in [-0.2, 0) is 0 Å². The van der Waals surface area contributed by atoms with Crippen LogP contribution < -0.4 is 0 Å². The second kappa shape index (κ2) is 7.11. The molecule has 0 radical (unpaired) electrons. The molecule has 0 spiro atoms. The van der Waals surface area contributed by atoms with Crippen LogP contribution in [0.4, 0.5) is 0 Å². The molecule has 0 aliphatic carbocycles. The van der Waals surface area contributed by atoms with E-state index >= 15 is 0 Å². The number of imidazole rings is 2. The highest BCUT2D eigenvalue weighted by Gasteiger charge is 2.15. The summed E-state index contributed by atoms with van der Waals surface area (Å²) in [5.41, 5.74) is 12.1. The standard InChI is InChI=1S/C32H18N4O2/c1-3-10-25-23(8-1)33-31-35(25)27-17-21(12-14-29(27)37-31)19-6-5-7-20(16-19)22-13-15-30-28(18-22)36-26-11-4-2-9-24(26)34-32(36)38-30/h1-18H. The van der Waals surface area contributed by atoms with Crippen LogP contribution in [0.2, 0.25) is 0 Å². The lowest BCUT2D eigenvalue weighted by Gasteiger charge is -2.07. The van der Waals surface area contributed by atoms with Crippen molar-refractivity contribution < 1.29 is 8.83 Å². The molecule has 5 aromatic carbocycles. The summed E-state index contributed by atoms with van der Waals surface area (Å²) in [4.78, 5) is 9.30. The van der Waals surface area contributed by atoms with Crippen molar-refractivity contribution in [3.05, 3.63) is 109 Å². The smallest absolute Gasteiger partial charge is 0.307 e. The van der Waals surface area contributed by atoms with Crippen LogP contribution in [0.25, 0.3) is 78.2 Å². The number of benzene rings is 5. The van der Waals surface area contributed by atoms with Crippen LogP contribution in [0, 0.1) is 0 Å². The molecule has 0 aliphatic rings. The van der Waals surface area contributed by atoms with Gasteiger partial charge in [0.05, 0.1) is 33.1 Å². The van der Waals surface area contributed by atoms with Crippen molar-refractivity contribution in [3.8, 4) is 22.3 Å². The fraction of sp³-hybridized carbons (Fsp3) is 0. The van der Waals surface area contributed by atoms with Crippen molar-refractivity contribution in [3.63, 3.8) is 0 Å². The normalized spacial score (nSPS) is 12.2. The van der Waals surface area contributed by atoms with E-state index in [1.165, 1.54) is 0 Å². The van der Waals surface area contributed by atoms with Gasteiger partial charge in [-0.2, -0.15) is 9.97 Å². The highest BCUT2D eigenvalue weighted by molar-refractivity contribution is 5.92. The van der Waals surface area contributed by atoms with Gasteiger partial charge in [0.2, 0.25) is 0 Å². The molecule has 0 atom stereocenters. The first-order chi connectivity index (χ1) is 18.8. The maximum atomic E-state index is 6.05. The average Bonchev–Trinajstić information content (AvgIpc) is 3.69. The van der Waals surface area contributed by atoms with E-state index in [0.29, 0.717) is 11.7 Å². The topological polar surface area (TPSA) is 60.9 Å². The summed E-state index contributed by atoms with van der Waals surface area (Å²) >= 11 is 0. The summed E-state index contributed by atoms with van der Waals surface area (Å²) in [6.07, 6.45) is 0. The lowest BCUT2D eigenvalue weighted by atomic mass is 9.98. The van der Waals surface area contributed by atoms with Crippen molar-refractivity contribution in [2.45, 2.75) is 0 Å². The van der Waals surface area contributed by atoms with Gasteiger partial charge in [-0.15, -0.1) is 0 Å². The molecule has 6 heteroatoms. The Labute approximate surface area is 215 Å². The van der Waals surface area contributed by atoms with Crippen LogP contribution in [0.5, 0.6) is 0 Å². The second-order valence-electron chi connectivity index (χ2n) is 9.59. The third-order valence-electron chi connectivity index (χ3n) is 7.39. The fourth-order valence-corrected chi connectivity index (χ4v) is 5.60. The molecule has 9 rings (SSSR count). The molecule has 0 amide bonds. The summed E-state index contributed by atoms with van der Waals surface area (Å²) in [5, 5.41) is 0. The highest BCUT2D eigenvalue weighted by Crippen LogP contribution is 2.34. The van der Waals surface area contributed by atoms with Gasteiger partial charge in [0, 0.05) is 0 Å². The summed E-state index contributed by atoms with van der Waals surface area (Å²) in [6, 6.07) is 37.5. The first kappa shape index (κ1) is 19.8. The third-order valence-corrected chi connectivity index (χ3v) is 7.39. The molecular weight excluding hydrogens is 472 g/mol. The second-order valence-corrected chi connectivity index (χ2v) is 9.59. The van der Waals surface area contributed by atoms with E-state index in [2.05, 4.69) is 79.4 Å². The highest BCUT2D eigenvalue weighted by atomic mass is 16.4. The predicted molar refractivity (Wildman–Crippen MR) is 149 cm³/mol. The molecule has 38 heavy (non-hydrogen) atoms. The van der Waals surface area contributed by atoms with Crippen molar-refractivity contribution in [2.75, 3.05) is 0 Å². The van der Waals surface area contributed by atoms with Crippen molar-refractivity contribution in [1.29, 1.82) is 0 Å². The Kier molecular flexibility index (Phi) is 3.70. The Hall–Kier alpha value is -5.36. The van der Waals surface area contributed by atoms with Gasteiger partial charge in [-0.05, 0) is 76.9 Å². The summed E-state index contributed by atoms with van der Waals surface area (Å²) < 4.78 is 16.3. The van der Waals surface area contributed by atoms with Crippen molar-refractivity contribution in [2.24, 2.45) is 0 Å². The van der Waals surface area contributed by atoms with Gasteiger partial charge in [0.15, 0.2) is 11.2 Å². The Morgan fingerprint density at radius 1 is 0.421 bits per heavy atom. The van der Waals surface area contributed by atoms with Gasteiger partial charge in [-0.1, -0.05) is 54.6 Å². The Balaban J connectivity index is 1.20. The van der Waals surface area contributed by atoms with Crippen LogP contribution in [0.1, 0.15) is 0 Å². The maximum absolute atomic E-state index is 6.05. The van der Waals surface area contributed by atoms with Crippen LogP contribution >= 0.6 is 0 Å². The number of aromatic nitrogens is 4. The fourth-order valence-electron chi connectivity index (χ4n) is 5.60. The van der Waals surface area contributed by atoms with Gasteiger partial charge in [0.1, 0.15) is 0 Å². The number of oxazole rings is 2. The lowest BCUT2D eigenvalue weighted by molar-refractivity contribution is 0.642. The predicted octanol–water partition coefficient (Wildman–Crippen LogP) is 8.11. The Morgan fingerprint density at radius 2 is 0.895 bits per heavy atom. The zero-order valence-electron chi connectivity index (χ0n) is 20.0. The number of para-hydroxylation sites is 4. The molecule has 4 aromatic heterocycles. The molecule has 6 nitrogen and oxygen atoms in total. The van der Waals surface area contributed by atoms with Gasteiger partial charge in [-0.25, -0.2) is 0 Å². The summed E-state index contributed by atoms with van der Waals surface area (Å²) in [5.74, 6) is 1.22. The minimum atomic E-state index is 0.610. The van der Waals surface area contributed by atoms with Crippen molar-refractivity contribution >= 4 is 56.0 Å². The first-order valence-electron chi connectivity index (χ1n) is 12.5. The minimum Gasteiger partial charge on any atom is -0.423 e. The molecule has 0 unspecified atom stereocenters. The van der Waals surface area contributed by atoms with E-state index in [1.54, 1.807) is 0 Å². The number of nitrogens with zero attached hydrogens (tertiary/aromatic N) is 4. The molecule has 0 aliphatic heterocycles. The van der Waals surface area contributed by atoms with E-state index < -0.39 is 0 Å². The number of fused-ring (bicyclic) bond motifs is 10. The lowest BCUT2D eigenvalue weighted by Crippen LogP contribution is -1.85. The van der Waals surface area contributed by atoms with Gasteiger partial charge in [-0.3, -0.25) is 8.80 Å². The van der Waals surface area contributed by atoms with Crippen LogP contribution in [0.15, 0.2) is 118 Å². The number of rotatable bonds is 2. The molecular formula is C32H18N4O2. The monoisotopic (exact) mass is 490 g/mol. The van der Waals surface area contributed by atoms with Gasteiger partial charge < -0.3 is 8.83 Å². The number of hydrogen-bond acceptors (Lipinski definition) is 4. The van der Waals surface area contributed by atoms with Crippen LogP contribution in [0.3, 0.4) is 0 Å². The molecule has 9 aromatic rings. The number of hydrogen-bond donors (Lipinski definition) is 0. The quantitative estimate of drug-likeness (QED) is 0.246. The van der Waals surface area contributed by atoms with Crippen LogP contribution in [-0.4, -0.2) is 18.8 Å². The average molecular weight is 491 g/mol. The molecule has 0 fully saturated rings. The Bertz CT molecular complexity index is 2200. The third kappa shape index (κ3) is 2.66. The van der Waals surface area contributed by atoms with E-state index in [4.69, 9.17) is 8.83 Å². The van der Waals surface area contributed by atoms with E-state index in [1.807, 2.05) is 48.5 Å². The SMILES string of the molecule is c1cc(-c2ccc3oc4nc5ccccc5n4c3c2)cc(-c2ccc3oc4nc5ccccc5n4c3c2)c1. The van der Waals surface area contributed by atoms with Gasteiger partial charge in [0.25, 0.3) is 0 Å². The maximum Gasteiger partial charge on any atom is 0.307 e. The van der Waals surface area contributed by atoms with E-state index in [-0.39, 0.29) is 0 Å². The first-order valence-corrected chi connectivity index (χ1v) is 12.5. The molecule has 0 saturated heterocycles. The molecule has 0 saturated carbocycles. The van der Waals surface area contributed by atoms with Crippen molar-refractivity contribution in [1.82, 2.24) is 18.8 Å². The largest absolute Gasteiger partial charge is 0.423 e.